The molecule has 0 unspecified atom stereocenters. The molecule has 7 nitrogen and oxygen atoms in total. The number of ether oxygens (including phenoxy) is 1. The normalized spacial score (nSPS) is 14.9. The summed E-state index contributed by atoms with van der Waals surface area (Å²) in [5.74, 6) is 0.791. The second-order valence-electron chi connectivity index (χ2n) is 7.00. The lowest BCUT2D eigenvalue weighted by Gasteiger charge is -2.14. The Bertz CT molecular complexity index is 1180. The van der Waals surface area contributed by atoms with Crippen LogP contribution in [0.1, 0.15) is 35.8 Å². The van der Waals surface area contributed by atoms with Crippen LogP contribution in [-0.4, -0.2) is 51.0 Å². The summed E-state index contributed by atoms with van der Waals surface area (Å²) in [6.45, 7) is 0.0210. The summed E-state index contributed by atoms with van der Waals surface area (Å²) in [6, 6.07) is 13.0. The summed E-state index contributed by atoms with van der Waals surface area (Å²) < 4.78 is 7.69. The predicted molar refractivity (Wildman–Crippen MR) is 128 cm³/mol. The van der Waals surface area contributed by atoms with Gasteiger partial charge in [0.15, 0.2) is 11.0 Å². The Labute approximate surface area is 203 Å². The molecule has 166 valence electrons. The maximum atomic E-state index is 11.9. The van der Waals surface area contributed by atoms with Gasteiger partial charge in [0.25, 0.3) is 0 Å². The maximum absolute atomic E-state index is 11.9. The molecule has 1 aliphatic rings. The Kier molecular flexibility index (Phi) is 7.30. The number of hydrogen-bond donors (Lipinski definition) is 1. The summed E-state index contributed by atoms with van der Waals surface area (Å²) >= 11 is 11.5. The van der Waals surface area contributed by atoms with Gasteiger partial charge >= 0.3 is 5.97 Å². The van der Waals surface area contributed by atoms with Gasteiger partial charge in [-0.15, -0.1) is 10.2 Å². The second kappa shape index (κ2) is 10.2. The van der Waals surface area contributed by atoms with Gasteiger partial charge in [-0.3, -0.25) is 14.4 Å². The molecule has 1 aromatic heterocycles. The molecule has 0 amide bonds. The third-order valence-corrected chi connectivity index (χ3v) is 6.73. The Balaban J connectivity index is 1.94. The monoisotopic (exact) mass is 534 g/mol. The van der Waals surface area contributed by atoms with Crippen LogP contribution in [0.15, 0.2) is 57.1 Å². The molecule has 0 bridgehead atoms. The second-order valence-corrected chi connectivity index (χ2v) is 9.38. The molecule has 1 atom stereocenters. The lowest BCUT2D eigenvalue weighted by molar-refractivity contribution is -0.140. The number of aromatic nitrogens is 3. The Morgan fingerprint density at radius 3 is 2.81 bits per heavy atom. The summed E-state index contributed by atoms with van der Waals surface area (Å²) in [6.07, 6.45) is 0.588. The number of methoxy groups -OCH3 is 1. The molecule has 2 aromatic carbocycles. The first-order chi connectivity index (χ1) is 15.5. The van der Waals surface area contributed by atoms with Gasteiger partial charge in [-0.1, -0.05) is 57.5 Å². The van der Waals surface area contributed by atoms with Crippen molar-refractivity contribution < 1.29 is 14.6 Å². The number of nitrogens with zero attached hydrogens (tertiary/aromatic N) is 4. The van der Waals surface area contributed by atoms with Crippen molar-refractivity contribution >= 4 is 51.0 Å². The zero-order valence-electron chi connectivity index (χ0n) is 17.2. The van der Waals surface area contributed by atoms with E-state index < -0.39 is 6.04 Å². The topological polar surface area (TPSA) is 89.6 Å². The fourth-order valence-electron chi connectivity index (χ4n) is 3.55. The fourth-order valence-corrected chi connectivity index (χ4v) is 4.83. The molecule has 3 aromatic rings. The highest BCUT2D eigenvalue weighted by molar-refractivity contribution is 9.10. The van der Waals surface area contributed by atoms with Crippen molar-refractivity contribution in [1.29, 1.82) is 0 Å². The highest BCUT2D eigenvalue weighted by Gasteiger charge is 2.30. The van der Waals surface area contributed by atoms with Gasteiger partial charge in [0.05, 0.1) is 25.1 Å². The van der Waals surface area contributed by atoms with Gasteiger partial charge in [-0.05, 0) is 30.7 Å². The molecule has 10 heteroatoms. The maximum Gasteiger partial charge on any atom is 0.305 e. The van der Waals surface area contributed by atoms with Crippen LogP contribution in [0, 0.1) is 0 Å². The van der Waals surface area contributed by atoms with Crippen LogP contribution < -0.4 is 0 Å². The molecule has 1 N–H and O–H groups in total. The van der Waals surface area contributed by atoms with E-state index in [1.807, 2.05) is 47.0 Å². The highest BCUT2D eigenvalue weighted by atomic mass is 79.9. The molecule has 32 heavy (non-hydrogen) atoms. The van der Waals surface area contributed by atoms with Crippen molar-refractivity contribution in [3.05, 3.63) is 68.9 Å². The Morgan fingerprint density at radius 1 is 1.25 bits per heavy atom. The summed E-state index contributed by atoms with van der Waals surface area (Å²) in [4.78, 5) is 16.9. The van der Waals surface area contributed by atoms with Gasteiger partial charge in [0, 0.05) is 32.8 Å². The minimum atomic E-state index is -0.442. The molecule has 0 fully saturated rings. The quantitative estimate of drug-likeness (QED) is 0.351. The number of rotatable bonds is 7. The molecular weight excluding hydrogens is 516 g/mol. The number of aliphatic imine (C=N–C) groups is 1. The van der Waals surface area contributed by atoms with Crippen LogP contribution in [0.4, 0.5) is 0 Å². The van der Waals surface area contributed by atoms with E-state index in [0.717, 1.165) is 21.3 Å². The molecule has 4 rings (SSSR count). The SMILES string of the molecule is COC(=O)CC[C@@H]1N=C(c2ccccc2Cl)c2cc(Br)ccc2-n2c(SCCO)nnc21. The molecule has 0 aliphatic carbocycles. The molecule has 0 radical (unpaired) electrons. The first-order valence-corrected chi connectivity index (χ1v) is 12.1. The number of carbonyl (C=O) groups excluding carboxylic acids is 1. The average molecular weight is 536 g/mol. The summed E-state index contributed by atoms with van der Waals surface area (Å²) in [5.41, 5.74) is 3.22. The number of aliphatic hydroxyl groups is 1. The van der Waals surface area contributed by atoms with E-state index in [2.05, 4.69) is 26.1 Å². The van der Waals surface area contributed by atoms with Crippen LogP contribution >= 0.6 is 39.3 Å². The largest absolute Gasteiger partial charge is 0.469 e. The van der Waals surface area contributed by atoms with Gasteiger partial charge in [-0.25, -0.2) is 0 Å². The average Bonchev–Trinajstić information content (AvgIpc) is 3.16. The first kappa shape index (κ1) is 23.0. The van der Waals surface area contributed by atoms with Crippen LogP contribution in [0.5, 0.6) is 0 Å². The van der Waals surface area contributed by atoms with Crippen molar-refractivity contribution in [1.82, 2.24) is 14.8 Å². The van der Waals surface area contributed by atoms with E-state index in [4.69, 9.17) is 21.3 Å². The number of hydrogen-bond acceptors (Lipinski definition) is 7. The van der Waals surface area contributed by atoms with Crippen molar-refractivity contribution in [2.75, 3.05) is 19.5 Å². The van der Waals surface area contributed by atoms with Crippen molar-refractivity contribution in [2.45, 2.75) is 24.0 Å². The first-order valence-electron chi connectivity index (χ1n) is 9.92. The number of halogens is 2. The number of benzene rings is 2. The van der Waals surface area contributed by atoms with Crippen molar-refractivity contribution in [3.63, 3.8) is 0 Å². The van der Waals surface area contributed by atoms with E-state index in [9.17, 15) is 9.90 Å². The molecule has 0 saturated carbocycles. The minimum Gasteiger partial charge on any atom is -0.469 e. The van der Waals surface area contributed by atoms with E-state index in [-0.39, 0.29) is 19.0 Å². The number of fused-ring (bicyclic) bond motifs is 3. The molecule has 2 heterocycles. The number of thioether (sulfide) groups is 1. The zero-order valence-corrected chi connectivity index (χ0v) is 20.3. The standard InChI is InChI=1S/C22H20BrClN4O3S/c1-31-19(30)9-7-17-21-26-27-22(32-11-10-29)28(21)18-8-6-13(23)12-15(18)20(25-17)14-4-2-3-5-16(14)24/h2-6,8,12,17,29H,7,9-11H2,1H3/t17-/m0/s1. The van der Waals surface area contributed by atoms with E-state index in [1.54, 1.807) is 0 Å². The smallest absolute Gasteiger partial charge is 0.305 e. The van der Waals surface area contributed by atoms with E-state index >= 15 is 0 Å². The molecule has 1 aliphatic heterocycles. The Morgan fingerprint density at radius 2 is 2.06 bits per heavy atom. The predicted octanol–water partition coefficient (Wildman–Crippen LogP) is 4.61. The van der Waals surface area contributed by atoms with E-state index in [0.29, 0.717) is 33.9 Å². The van der Waals surface area contributed by atoms with Gasteiger partial charge in [-0.2, -0.15) is 0 Å². The van der Waals surface area contributed by atoms with Crippen LogP contribution in [0.3, 0.4) is 0 Å². The number of carbonyl (C=O) groups is 1. The van der Waals surface area contributed by atoms with Gasteiger partial charge < -0.3 is 9.84 Å². The molecular formula is C22H20BrClN4O3S. The fraction of sp³-hybridized carbons (Fsp3) is 0.273. The van der Waals surface area contributed by atoms with Crippen molar-refractivity contribution in [2.24, 2.45) is 4.99 Å². The Hall–Kier alpha value is -2.20. The lowest BCUT2D eigenvalue weighted by Crippen LogP contribution is -2.09. The zero-order chi connectivity index (χ0) is 22.7. The summed E-state index contributed by atoms with van der Waals surface area (Å²) in [7, 11) is 1.37. The van der Waals surface area contributed by atoms with Crippen LogP contribution in [-0.2, 0) is 9.53 Å². The van der Waals surface area contributed by atoms with Crippen LogP contribution in [0.25, 0.3) is 5.69 Å². The molecule has 0 spiro atoms. The van der Waals surface area contributed by atoms with E-state index in [1.165, 1.54) is 18.9 Å². The van der Waals surface area contributed by atoms with Crippen molar-refractivity contribution in [3.8, 4) is 5.69 Å². The highest BCUT2D eigenvalue weighted by Crippen LogP contribution is 2.37. The van der Waals surface area contributed by atoms with Crippen LogP contribution in [0.2, 0.25) is 5.02 Å². The van der Waals surface area contributed by atoms with Gasteiger partial charge in [0.2, 0.25) is 0 Å². The minimum absolute atomic E-state index is 0.0210. The molecule has 0 saturated heterocycles. The third-order valence-electron chi connectivity index (χ3n) is 5.00. The third kappa shape index (κ3) is 4.61. The lowest BCUT2D eigenvalue weighted by atomic mass is 10.00. The van der Waals surface area contributed by atoms with Gasteiger partial charge in [0.1, 0.15) is 6.04 Å². The summed E-state index contributed by atoms with van der Waals surface area (Å²) in [5, 5.41) is 19.3. The number of esters is 1. The number of aliphatic hydroxyl groups excluding tert-OH is 1.